The molecule has 0 saturated carbocycles. The van der Waals surface area contributed by atoms with Gasteiger partial charge in [0.2, 0.25) is 5.91 Å². The average molecular weight is 264 g/mol. The summed E-state index contributed by atoms with van der Waals surface area (Å²) in [5.74, 6) is -1.60. The second kappa shape index (κ2) is 4.97. The van der Waals surface area contributed by atoms with Crippen molar-refractivity contribution in [3.8, 4) is 0 Å². The molecule has 1 heterocycles. The summed E-state index contributed by atoms with van der Waals surface area (Å²) < 4.78 is 10.7. The lowest BCUT2D eigenvalue weighted by atomic mass is 10.2. The summed E-state index contributed by atoms with van der Waals surface area (Å²) in [6.07, 6.45) is -0.368. The van der Waals surface area contributed by atoms with Crippen molar-refractivity contribution in [3.63, 3.8) is 0 Å². The van der Waals surface area contributed by atoms with E-state index in [9.17, 15) is 14.4 Å². The minimum Gasteiger partial charge on any atom is -0.469 e. The highest BCUT2D eigenvalue weighted by Crippen LogP contribution is 2.17. The molecule has 0 spiro atoms. The fourth-order valence-electron chi connectivity index (χ4n) is 1.62. The van der Waals surface area contributed by atoms with Crippen LogP contribution in [-0.4, -0.2) is 23.6 Å². The Morgan fingerprint density at radius 2 is 2.16 bits per heavy atom. The van der Waals surface area contributed by atoms with Gasteiger partial charge < -0.3 is 14.5 Å². The molecule has 0 unspecified atom stereocenters. The number of hydrogen-bond acceptors (Lipinski definition) is 5. The topological polar surface area (TPSA) is 90.5 Å². The molecule has 100 valence electrons. The Bertz CT molecular complexity index is 698. The number of anilines is 1. The van der Waals surface area contributed by atoms with Crippen molar-refractivity contribution in [3.05, 3.63) is 28.7 Å². The lowest BCUT2D eigenvalue weighted by Crippen LogP contribution is -2.17. The number of nitrogens with zero attached hydrogens (tertiary/aromatic N) is 1. The minimum atomic E-state index is -0.621. The standard InChI is InChI=1S/C12H12N2O5/c1-14-8-4-3-7(5-9(8)19-12(14)17)13-10(15)6-11(16)18-2/h3-5H,6H2,1-2H3,(H,13,15). The summed E-state index contributed by atoms with van der Waals surface area (Å²) in [5, 5.41) is 2.52. The number of carbonyl (C=O) groups is 2. The lowest BCUT2D eigenvalue weighted by molar-refractivity contribution is -0.142. The van der Waals surface area contributed by atoms with Crippen molar-refractivity contribution >= 4 is 28.7 Å². The van der Waals surface area contributed by atoms with Gasteiger partial charge in [-0.3, -0.25) is 14.2 Å². The number of rotatable bonds is 3. The van der Waals surface area contributed by atoms with Gasteiger partial charge in [0.05, 0.1) is 12.6 Å². The number of fused-ring (bicyclic) bond motifs is 1. The Balaban J connectivity index is 2.20. The minimum absolute atomic E-state index is 0.364. The van der Waals surface area contributed by atoms with Gasteiger partial charge in [0.15, 0.2) is 5.58 Å². The zero-order valence-electron chi connectivity index (χ0n) is 10.4. The smallest absolute Gasteiger partial charge is 0.419 e. The molecule has 0 bridgehead atoms. The van der Waals surface area contributed by atoms with Crippen LogP contribution < -0.4 is 11.1 Å². The maximum atomic E-state index is 11.5. The van der Waals surface area contributed by atoms with Gasteiger partial charge in [0, 0.05) is 18.8 Å². The third-order valence-corrected chi connectivity index (χ3v) is 2.61. The molecule has 2 aromatic rings. The number of carbonyl (C=O) groups excluding carboxylic acids is 2. The van der Waals surface area contributed by atoms with Crippen LogP contribution in [0.25, 0.3) is 11.1 Å². The van der Waals surface area contributed by atoms with E-state index < -0.39 is 17.6 Å². The van der Waals surface area contributed by atoms with Crippen LogP contribution in [0.2, 0.25) is 0 Å². The van der Waals surface area contributed by atoms with E-state index in [-0.39, 0.29) is 6.42 Å². The molecule has 7 nitrogen and oxygen atoms in total. The van der Waals surface area contributed by atoms with Crippen LogP contribution in [0.5, 0.6) is 0 Å². The largest absolute Gasteiger partial charge is 0.469 e. The number of nitrogens with one attached hydrogen (secondary N) is 1. The number of esters is 1. The molecule has 0 aliphatic rings. The van der Waals surface area contributed by atoms with Crippen LogP contribution in [0.1, 0.15) is 6.42 Å². The SMILES string of the molecule is COC(=O)CC(=O)Nc1ccc2c(c1)oc(=O)n2C. The molecule has 1 aromatic heterocycles. The Hall–Kier alpha value is -2.57. The summed E-state index contributed by atoms with van der Waals surface area (Å²) in [6.45, 7) is 0. The van der Waals surface area contributed by atoms with E-state index in [1.165, 1.54) is 17.7 Å². The van der Waals surface area contributed by atoms with Gasteiger partial charge >= 0.3 is 11.7 Å². The molecule has 0 atom stereocenters. The summed E-state index contributed by atoms with van der Waals surface area (Å²) in [6, 6.07) is 4.78. The highest BCUT2D eigenvalue weighted by Gasteiger charge is 2.11. The monoisotopic (exact) mass is 264 g/mol. The summed E-state index contributed by atoms with van der Waals surface area (Å²) in [7, 11) is 2.80. The van der Waals surface area contributed by atoms with Crippen molar-refractivity contribution in [2.45, 2.75) is 6.42 Å². The van der Waals surface area contributed by atoms with E-state index in [0.29, 0.717) is 16.8 Å². The number of ether oxygens (including phenoxy) is 1. The van der Waals surface area contributed by atoms with Gasteiger partial charge in [-0.25, -0.2) is 4.79 Å². The van der Waals surface area contributed by atoms with Crippen molar-refractivity contribution in [2.75, 3.05) is 12.4 Å². The molecule has 2 rings (SSSR count). The van der Waals surface area contributed by atoms with E-state index >= 15 is 0 Å². The maximum absolute atomic E-state index is 11.5. The van der Waals surface area contributed by atoms with Gasteiger partial charge in [0.25, 0.3) is 0 Å². The molecule has 0 aliphatic heterocycles. The average Bonchev–Trinajstić information content (AvgIpc) is 2.64. The highest BCUT2D eigenvalue weighted by atomic mass is 16.5. The zero-order valence-corrected chi connectivity index (χ0v) is 10.4. The molecule has 0 fully saturated rings. The van der Waals surface area contributed by atoms with Crippen molar-refractivity contribution < 1.29 is 18.7 Å². The first kappa shape index (κ1) is 12.9. The molecule has 7 heteroatoms. The first-order chi connectivity index (χ1) is 9.01. The number of oxazole rings is 1. The number of aromatic nitrogens is 1. The van der Waals surface area contributed by atoms with Gasteiger partial charge in [0.1, 0.15) is 6.42 Å². The van der Waals surface area contributed by atoms with Crippen LogP contribution in [0, 0.1) is 0 Å². The van der Waals surface area contributed by atoms with Gasteiger partial charge in [-0.15, -0.1) is 0 Å². The zero-order chi connectivity index (χ0) is 14.0. The van der Waals surface area contributed by atoms with Crippen LogP contribution in [0.3, 0.4) is 0 Å². The van der Waals surface area contributed by atoms with E-state index in [1.54, 1.807) is 19.2 Å². The molecule has 1 amide bonds. The molecule has 0 aliphatic carbocycles. The summed E-state index contributed by atoms with van der Waals surface area (Å²) >= 11 is 0. The fraction of sp³-hybridized carbons (Fsp3) is 0.250. The second-order valence-electron chi connectivity index (χ2n) is 3.91. The molecule has 0 radical (unpaired) electrons. The van der Waals surface area contributed by atoms with Crippen molar-refractivity contribution in [1.29, 1.82) is 0 Å². The number of hydrogen-bond donors (Lipinski definition) is 1. The molecule has 19 heavy (non-hydrogen) atoms. The molecule has 1 N–H and O–H groups in total. The quantitative estimate of drug-likeness (QED) is 0.648. The second-order valence-corrected chi connectivity index (χ2v) is 3.91. The molecular weight excluding hydrogens is 252 g/mol. The predicted octanol–water partition coefficient (Wildman–Crippen LogP) is 0.633. The number of methoxy groups -OCH3 is 1. The normalized spacial score (nSPS) is 10.4. The number of aryl methyl sites for hydroxylation is 1. The van der Waals surface area contributed by atoms with E-state index in [0.717, 1.165) is 0 Å². The van der Waals surface area contributed by atoms with Crippen LogP contribution >= 0.6 is 0 Å². The van der Waals surface area contributed by atoms with Crippen molar-refractivity contribution in [2.24, 2.45) is 7.05 Å². The Morgan fingerprint density at radius 1 is 1.42 bits per heavy atom. The van der Waals surface area contributed by atoms with Crippen LogP contribution in [0.4, 0.5) is 5.69 Å². The summed E-state index contributed by atoms with van der Waals surface area (Å²) in [4.78, 5) is 33.7. The Labute approximate surface area is 107 Å². The molecule has 1 aromatic carbocycles. The van der Waals surface area contributed by atoms with Crippen molar-refractivity contribution in [1.82, 2.24) is 4.57 Å². The van der Waals surface area contributed by atoms with Gasteiger partial charge in [-0.05, 0) is 12.1 Å². The third-order valence-electron chi connectivity index (χ3n) is 2.61. The van der Waals surface area contributed by atoms with E-state index in [1.807, 2.05) is 0 Å². The third kappa shape index (κ3) is 2.65. The highest BCUT2D eigenvalue weighted by molar-refractivity contribution is 6.02. The number of benzene rings is 1. The molecule has 0 saturated heterocycles. The first-order valence-electron chi connectivity index (χ1n) is 5.47. The van der Waals surface area contributed by atoms with Crippen LogP contribution in [0.15, 0.2) is 27.4 Å². The first-order valence-corrected chi connectivity index (χ1v) is 5.47. The predicted molar refractivity (Wildman–Crippen MR) is 66.7 cm³/mol. The van der Waals surface area contributed by atoms with Gasteiger partial charge in [-0.1, -0.05) is 0 Å². The lowest BCUT2D eigenvalue weighted by Gasteiger charge is -2.04. The maximum Gasteiger partial charge on any atom is 0.419 e. The Morgan fingerprint density at radius 3 is 2.84 bits per heavy atom. The molecular formula is C12H12N2O5. The fourth-order valence-corrected chi connectivity index (χ4v) is 1.62. The van der Waals surface area contributed by atoms with Gasteiger partial charge in [-0.2, -0.15) is 0 Å². The van der Waals surface area contributed by atoms with E-state index in [4.69, 9.17) is 4.42 Å². The number of amides is 1. The summed E-state index contributed by atoms with van der Waals surface area (Å²) in [5.41, 5.74) is 1.43. The van der Waals surface area contributed by atoms with Crippen LogP contribution in [-0.2, 0) is 21.4 Å². The van der Waals surface area contributed by atoms with E-state index in [2.05, 4.69) is 10.1 Å². The Kier molecular flexibility index (Phi) is 3.37.